The molecule has 6 heteroatoms. The van der Waals surface area contributed by atoms with E-state index in [-0.39, 0.29) is 18.7 Å². The molecular weight excluding hydrogens is 550 g/mol. The van der Waals surface area contributed by atoms with Crippen LogP contribution in [0.2, 0.25) is 5.02 Å². The molecule has 0 unspecified atom stereocenters. The van der Waals surface area contributed by atoms with Crippen LogP contribution >= 0.6 is 27.5 Å². The molecule has 1 atom stereocenters. The van der Waals surface area contributed by atoms with Crippen molar-refractivity contribution in [2.24, 2.45) is 0 Å². The van der Waals surface area contributed by atoms with E-state index in [4.69, 9.17) is 16.3 Å². The molecular formula is C31H27BrClNO3. The van der Waals surface area contributed by atoms with Gasteiger partial charge in [-0.3, -0.25) is 4.79 Å². The van der Waals surface area contributed by atoms with Crippen molar-refractivity contribution in [2.75, 3.05) is 7.11 Å². The molecule has 4 rings (SSSR count). The first kappa shape index (κ1) is 26.6. The van der Waals surface area contributed by atoms with Gasteiger partial charge in [0, 0.05) is 22.3 Å². The quantitative estimate of drug-likeness (QED) is 0.178. The summed E-state index contributed by atoms with van der Waals surface area (Å²) in [7, 11) is 1.32. The van der Waals surface area contributed by atoms with E-state index in [1.807, 2.05) is 97.1 Å². The highest BCUT2D eigenvalue weighted by molar-refractivity contribution is 9.10. The Labute approximate surface area is 230 Å². The van der Waals surface area contributed by atoms with Crippen LogP contribution in [0.3, 0.4) is 0 Å². The van der Waals surface area contributed by atoms with Gasteiger partial charge in [-0.15, -0.1) is 0 Å². The molecule has 0 fully saturated rings. The van der Waals surface area contributed by atoms with Crippen LogP contribution in [-0.2, 0) is 26.2 Å². The lowest BCUT2D eigenvalue weighted by molar-refractivity contribution is -0.145. The highest BCUT2D eigenvalue weighted by Gasteiger charge is 2.39. The summed E-state index contributed by atoms with van der Waals surface area (Å²) in [5.41, 5.74) is 2.97. The number of amides is 1. The van der Waals surface area contributed by atoms with Crippen molar-refractivity contribution >= 4 is 39.4 Å². The normalized spacial score (nSPS) is 12.0. The van der Waals surface area contributed by atoms with Crippen LogP contribution in [0, 0.1) is 0 Å². The largest absolute Gasteiger partial charge is 0.467 e. The van der Waals surface area contributed by atoms with E-state index in [9.17, 15) is 9.59 Å². The summed E-state index contributed by atoms with van der Waals surface area (Å²) in [5, 5.41) is 3.50. The molecule has 1 amide bonds. The second kappa shape index (κ2) is 12.2. The van der Waals surface area contributed by atoms with Gasteiger partial charge in [0.05, 0.1) is 12.5 Å². The number of rotatable bonds is 9. The minimum absolute atomic E-state index is 0.0925. The first-order chi connectivity index (χ1) is 17.9. The first-order valence-corrected chi connectivity index (χ1v) is 13.1. The summed E-state index contributed by atoms with van der Waals surface area (Å²) in [6, 6.07) is 34.4. The van der Waals surface area contributed by atoms with Crippen molar-refractivity contribution < 1.29 is 14.3 Å². The number of methoxy groups -OCH3 is 1. The predicted octanol–water partition coefficient (Wildman–Crippen LogP) is 6.73. The summed E-state index contributed by atoms with van der Waals surface area (Å²) in [6.07, 6.45) is 0.323. The average Bonchev–Trinajstić information content (AvgIpc) is 2.94. The molecule has 0 aliphatic rings. The molecule has 4 aromatic rings. The van der Waals surface area contributed by atoms with Crippen LogP contribution in [0.25, 0.3) is 0 Å². The number of benzene rings is 4. The number of halogens is 2. The Hall–Kier alpha value is -3.41. The number of carbonyl (C=O) groups is 2. The molecule has 0 saturated heterocycles. The third-order valence-corrected chi connectivity index (χ3v) is 7.49. The van der Waals surface area contributed by atoms with E-state index in [0.717, 1.165) is 26.7 Å². The van der Waals surface area contributed by atoms with E-state index in [1.165, 1.54) is 7.11 Å². The fraction of sp³-hybridized carbons (Fsp3) is 0.161. The Morgan fingerprint density at radius 3 is 1.78 bits per heavy atom. The van der Waals surface area contributed by atoms with Gasteiger partial charge in [0.1, 0.15) is 6.04 Å². The van der Waals surface area contributed by atoms with E-state index in [0.29, 0.717) is 5.02 Å². The van der Waals surface area contributed by atoms with Crippen molar-refractivity contribution in [1.29, 1.82) is 0 Å². The zero-order chi connectivity index (χ0) is 26.3. The van der Waals surface area contributed by atoms with Gasteiger partial charge < -0.3 is 10.1 Å². The molecule has 37 heavy (non-hydrogen) atoms. The number of ether oxygens (including phenoxy) is 1. The Morgan fingerprint density at radius 2 is 1.32 bits per heavy atom. The number of carbonyl (C=O) groups excluding carboxylic acids is 2. The molecule has 0 aliphatic heterocycles. The topological polar surface area (TPSA) is 55.4 Å². The SMILES string of the molecule is COC(=O)[C@@H](Cc1cc(Cl)ccc1Br)NC(=O)CC(c1ccccc1)(c1ccccc1)c1ccccc1. The Morgan fingerprint density at radius 1 is 0.838 bits per heavy atom. The van der Waals surface area contributed by atoms with Gasteiger partial charge in [-0.05, 0) is 40.5 Å². The van der Waals surface area contributed by atoms with E-state index in [1.54, 1.807) is 12.1 Å². The van der Waals surface area contributed by atoms with Gasteiger partial charge in [0.15, 0.2) is 0 Å². The lowest BCUT2D eigenvalue weighted by Gasteiger charge is -2.36. The highest BCUT2D eigenvalue weighted by atomic mass is 79.9. The van der Waals surface area contributed by atoms with Gasteiger partial charge in [-0.1, -0.05) is 119 Å². The minimum Gasteiger partial charge on any atom is -0.467 e. The Bertz CT molecular complexity index is 1250. The van der Waals surface area contributed by atoms with E-state index < -0.39 is 17.4 Å². The summed E-state index contributed by atoms with van der Waals surface area (Å²) in [5.74, 6) is -0.796. The Kier molecular flexibility index (Phi) is 8.80. The van der Waals surface area contributed by atoms with Crippen LogP contribution in [0.5, 0.6) is 0 Å². The second-order valence-corrected chi connectivity index (χ2v) is 10.1. The number of hydrogen-bond acceptors (Lipinski definition) is 3. The maximum Gasteiger partial charge on any atom is 0.328 e. The molecule has 4 nitrogen and oxygen atoms in total. The minimum atomic E-state index is -0.882. The molecule has 0 saturated carbocycles. The molecule has 0 spiro atoms. The lowest BCUT2D eigenvalue weighted by Crippen LogP contribution is -2.46. The van der Waals surface area contributed by atoms with Gasteiger partial charge in [0.2, 0.25) is 5.91 Å². The van der Waals surface area contributed by atoms with Crippen molar-refractivity contribution in [3.05, 3.63) is 141 Å². The summed E-state index contributed by atoms with van der Waals surface area (Å²) < 4.78 is 5.84. The fourth-order valence-electron chi connectivity index (χ4n) is 4.72. The van der Waals surface area contributed by atoms with Gasteiger partial charge >= 0.3 is 5.97 Å². The van der Waals surface area contributed by atoms with E-state index >= 15 is 0 Å². The van der Waals surface area contributed by atoms with Gasteiger partial charge in [-0.25, -0.2) is 4.79 Å². The van der Waals surface area contributed by atoms with Crippen molar-refractivity contribution in [3.8, 4) is 0 Å². The third-order valence-electron chi connectivity index (χ3n) is 6.48. The van der Waals surface area contributed by atoms with E-state index in [2.05, 4.69) is 21.2 Å². The molecule has 188 valence electrons. The maximum absolute atomic E-state index is 13.8. The third kappa shape index (κ3) is 6.12. The zero-order valence-corrected chi connectivity index (χ0v) is 22.7. The Balaban J connectivity index is 1.74. The molecule has 0 aliphatic carbocycles. The summed E-state index contributed by atoms with van der Waals surface area (Å²) >= 11 is 9.70. The lowest BCUT2D eigenvalue weighted by atomic mass is 9.67. The predicted molar refractivity (Wildman–Crippen MR) is 151 cm³/mol. The number of hydrogen-bond donors (Lipinski definition) is 1. The van der Waals surface area contributed by atoms with Gasteiger partial charge in [-0.2, -0.15) is 0 Å². The van der Waals surface area contributed by atoms with Gasteiger partial charge in [0.25, 0.3) is 0 Å². The average molecular weight is 577 g/mol. The smallest absolute Gasteiger partial charge is 0.328 e. The van der Waals surface area contributed by atoms with Crippen LogP contribution in [-0.4, -0.2) is 25.0 Å². The van der Waals surface area contributed by atoms with Crippen molar-refractivity contribution in [1.82, 2.24) is 5.32 Å². The number of nitrogens with one attached hydrogen (secondary N) is 1. The zero-order valence-electron chi connectivity index (χ0n) is 20.4. The first-order valence-electron chi connectivity index (χ1n) is 11.9. The molecule has 0 radical (unpaired) electrons. The van der Waals surface area contributed by atoms with Crippen molar-refractivity contribution in [3.63, 3.8) is 0 Å². The number of esters is 1. The molecule has 0 heterocycles. The monoisotopic (exact) mass is 575 g/mol. The van der Waals surface area contributed by atoms with Crippen LogP contribution in [0.4, 0.5) is 0 Å². The second-order valence-electron chi connectivity index (χ2n) is 8.76. The fourth-order valence-corrected chi connectivity index (χ4v) is 5.32. The molecule has 0 bridgehead atoms. The summed E-state index contributed by atoms with van der Waals surface area (Å²) in [6.45, 7) is 0. The van der Waals surface area contributed by atoms with Crippen LogP contribution in [0.15, 0.2) is 114 Å². The molecule has 0 aromatic heterocycles. The maximum atomic E-state index is 13.8. The molecule has 1 N–H and O–H groups in total. The van der Waals surface area contributed by atoms with Crippen molar-refractivity contribution in [2.45, 2.75) is 24.3 Å². The highest BCUT2D eigenvalue weighted by Crippen LogP contribution is 2.42. The standard InChI is InChI=1S/C31H27BrClNO3/c1-37-30(36)28(20-22-19-26(33)17-18-27(22)32)34-29(35)21-31(23-11-5-2-6-12-23,24-13-7-3-8-14-24)25-15-9-4-10-16-25/h2-19,28H,20-21H2,1H3,(H,34,35)/t28-/m1/s1. The van der Waals surface area contributed by atoms with Crippen LogP contribution in [0.1, 0.15) is 28.7 Å². The molecule has 4 aromatic carbocycles. The summed E-state index contributed by atoms with van der Waals surface area (Å²) in [4.78, 5) is 26.5. The van der Waals surface area contributed by atoms with Crippen LogP contribution < -0.4 is 5.32 Å².